The Morgan fingerprint density at radius 3 is 2.44 bits per heavy atom. The van der Waals surface area contributed by atoms with Crippen LogP contribution >= 0.6 is 0 Å². The summed E-state index contributed by atoms with van der Waals surface area (Å²) >= 11 is 0. The number of methoxy groups -OCH3 is 1. The highest BCUT2D eigenvalue weighted by Gasteiger charge is 2.57. The highest BCUT2D eigenvalue weighted by atomic mass is 32.2. The van der Waals surface area contributed by atoms with Crippen LogP contribution < -0.4 is 0 Å². The Labute approximate surface area is 107 Å². The molecule has 1 heterocycles. The van der Waals surface area contributed by atoms with Crippen LogP contribution in [0.1, 0.15) is 13.8 Å². The summed E-state index contributed by atoms with van der Waals surface area (Å²) in [5.41, 5.74) is 0.530. The van der Waals surface area contributed by atoms with Gasteiger partial charge in [-0.1, -0.05) is 6.58 Å². The molecule has 0 aromatic heterocycles. The Hall–Kier alpha value is -0.470. The van der Waals surface area contributed by atoms with E-state index in [4.69, 9.17) is 18.4 Å². The first kappa shape index (κ1) is 14.0. The first-order valence-corrected chi connectivity index (χ1v) is 7.41. The van der Waals surface area contributed by atoms with Crippen LogP contribution in [0.5, 0.6) is 0 Å². The monoisotopic (exact) mass is 278 g/mol. The molecule has 6 nitrogen and oxygen atoms in total. The summed E-state index contributed by atoms with van der Waals surface area (Å²) in [5, 5.41) is 0. The molecule has 0 N–H and O–H groups in total. The maximum Gasteiger partial charge on any atom is 0.265 e. The van der Waals surface area contributed by atoms with Gasteiger partial charge in [-0.05, 0) is 19.4 Å². The Balaban J connectivity index is 2.24. The number of hydrogen-bond donors (Lipinski definition) is 0. The predicted molar refractivity (Wildman–Crippen MR) is 63.5 cm³/mol. The molecule has 0 bridgehead atoms. The first-order valence-electron chi connectivity index (χ1n) is 5.60. The summed E-state index contributed by atoms with van der Waals surface area (Å²) in [4.78, 5) is 0. The second-order valence-corrected chi connectivity index (χ2v) is 6.62. The van der Waals surface area contributed by atoms with E-state index in [-0.39, 0.29) is 0 Å². The van der Waals surface area contributed by atoms with Crippen molar-refractivity contribution in [3.05, 3.63) is 12.2 Å². The highest BCUT2D eigenvalue weighted by molar-refractivity contribution is 7.86. The maximum atomic E-state index is 11.2. The molecule has 2 fully saturated rings. The SMILES string of the molecule is C=C1[C@@H]2OC(C)(C)O[C@@H]2[C@@H](OC)[C@H]1OS(C)(=O)=O. The molecule has 1 saturated heterocycles. The zero-order chi connectivity index (χ0) is 13.7. The largest absolute Gasteiger partial charge is 0.375 e. The number of hydrogen-bond acceptors (Lipinski definition) is 6. The number of ether oxygens (including phenoxy) is 3. The maximum absolute atomic E-state index is 11.2. The van der Waals surface area contributed by atoms with Crippen molar-refractivity contribution in [2.75, 3.05) is 13.4 Å². The van der Waals surface area contributed by atoms with Crippen LogP contribution in [0.15, 0.2) is 12.2 Å². The predicted octanol–water partition coefficient (Wildman–Crippen LogP) is 0.436. The van der Waals surface area contributed by atoms with E-state index in [1.165, 1.54) is 7.11 Å². The van der Waals surface area contributed by atoms with Crippen LogP contribution in [0.2, 0.25) is 0 Å². The molecule has 1 saturated carbocycles. The molecule has 0 aromatic carbocycles. The molecule has 4 atom stereocenters. The van der Waals surface area contributed by atoms with Crippen LogP contribution in [0.4, 0.5) is 0 Å². The first-order chi connectivity index (χ1) is 8.14. The molecule has 0 spiro atoms. The van der Waals surface area contributed by atoms with Gasteiger partial charge >= 0.3 is 0 Å². The fourth-order valence-electron chi connectivity index (χ4n) is 2.42. The molecule has 2 aliphatic rings. The molecule has 104 valence electrons. The van der Waals surface area contributed by atoms with Crippen molar-refractivity contribution >= 4 is 10.1 Å². The van der Waals surface area contributed by atoms with Gasteiger partial charge in [0.1, 0.15) is 24.4 Å². The van der Waals surface area contributed by atoms with Gasteiger partial charge in [0.05, 0.1) is 6.26 Å². The zero-order valence-corrected chi connectivity index (χ0v) is 11.7. The molecule has 18 heavy (non-hydrogen) atoms. The lowest BCUT2D eigenvalue weighted by Gasteiger charge is -2.25. The molecule has 0 amide bonds. The van der Waals surface area contributed by atoms with E-state index in [1.54, 1.807) is 13.8 Å². The molecular formula is C11H18O6S. The van der Waals surface area contributed by atoms with Crippen molar-refractivity contribution in [1.29, 1.82) is 0 Å². The van der Waals surface area contributed by atoms with E-state index >= 15 is 0 Å². The van der Waals surface area contributed by atoms with Gasteiger partial charge in [-0.25, -0.2) is 0 Å². The van der Waals surface area contributed by atoms with Crippen molar-refractivity contribution in [3.63, 3.8) is 0 Å². The van der Waals surface area contributed by atoms with E-state index in [9.17, 15) is 8.42 Å². The molecule has 1 aliphatic heterocycles. The normalized spacial score (nSPS) is 39.0. The van der Waals surface area contributed by atoms with Crippen LogP contribution in [-0.4, -0.2) is 52.0 Å². The smallest absolute Gasteiger partial charge is 0.265 e. The summed E-state index contributed by atoms with van der Waals surface area (Å²) in [6.07, 6.45) is -1.12. The Morgan fingerprint density at radius 2 is 1.94 bits per heavy atom. The standard InChI is InChI=1S/C11H18O6S/c1-6-7-10(16-11(2,3)15-7)9(14-4)8(6)17-18(5,12)13/h7-10H,1H2,2-5H3/t7-,8-,9-,10-/m0/s1. The Bertz CT molecular complexity index is 454. The average Bonchev–Trinajstić information content (AvgIpc) is 2.60. The minimum absolute atomic E-state index is 0.399. The van der Waals surface area contributed by atoms with Crippen molar-refractivity contribution in [3.8, 4) is 0 Å². The van der Waals surface area contributed by atoms with Crippen LogP contribution in [0.3, 0.4) is 0 Å². The third-order valence-corrected chi connectivity index (χ3v) is 3.59. The highest BCUT2D eigenvalue weighted by Crippen LogP contribution is 2.43. The van der Waals surface area contributed by atoms with Gasteiger partial charge in [0.15, 0.2) is 5.79 Å². The van der Waals surface area contributed by atoms with E-state index in [1.807, 2.05) is 0 Å². The number of rotatable bonds is 3. The van der Waals surface area contributed by atoms with E-state index in [0.717, 1.165) is 6.26 Å². The molecule has 1 aliphatic carbocycles. The minimum atomic E-state index is -3.60. The second-order valence-electron chi connectivity index (χ2n) is 5.02. The van der Waals surface area contributed by atoms with Crippen LogP contribution in [0.25, 0.3) is 0 Å². The Kier molecular flexibility index (Phi) is 3.31. The molecule has 0 aromatic rings. The average molecular weight is 278 g/mol. The lowest BCUT2D eigenvalue weighted by molar-refractivity contribution is -0.167. The fraction of sp³-hybridized carbons (Fsp3) is 0.818. The van der Waals surface area contributed by atoms with Gasteiger partial charge in [0.25, 0.3) is 10.1 Å². The van der Waals surface area contributed by atoms with Crippen LogP contribution in [-0.2, 0) is 28.5 Å². The van der Waals surface area contributed by atoms with Crippen molar-refractivity contribution in [2.45, 2.75) is 44.1 Å². The summed E-state index contributed by atoms with van der Waals surface area (Å²) in [6, 6.07) is 0. The molecule has 2 rings (SSSR count). The summed E-state index contributed by atoms with van der Waals surface area (Å²) in [7, 11) is -2.12. The zero-order valence-electron chi connectivity index (χ0n) is 10.9. The summed E-state index contributed by atoms with van der Waals surface area (Å²) in [5.74, 6) is -0.731. The van der Waals surface area contributed by atoms with Gasteiger partial charge in [0.2, 0.25) is 0 Å². The fourth-order valence-corrected chi connectivity index (χ4v) is 3.03. The van der Waals surface area contributed by atoms with E-state index in [0.29, 0.717) is 5.57 Å². The van der Waals surface area contributed by atoms with Gasteiger partial charge in [-0.2, -0.15) is 8.42 Å². The number of fused-ring (bicyclic) bond motifs is 1. The molecule has 0 radical (unpaired) electrons. The lowest BCUT2D eigenvalue weighted by atomic mass is 10.2. The molecule has 7 heteroatoms. The summed E-state index contributed by atoms with van der Waals surface area (Å²) in [6.45, 7) is 7.43. The lowest BCUT2D eigenvalue weighted by Crippen LogP contribution is -2.38. The molecular weight excluding hydrogens is 260 g/mol. The van der Waals surface area contributed by atoms with E-state index < -0.39 is 40.3 Å². The van der Waals surface area contributed by atoms with Crippen LogP contribution in [0, 0.1) is 0 Å². The quantitative estimate of drug-likeness (QED) is 0.551. The molecule has 0 unspecified atom stereocenters. The minimum Gasteiger partial charge on any atom is -0.375 e. The van der Waals surface area contributed by atoms with Crippen molar-refractivity contribution < 1.29 is 26.8 Å². The third-order valence-electron chi connectivity index (χ3n) is 3.03. The van der Waals surface area contributed by atoms with Crippen molar-refractivity contribution in [2.24, 2.45) is 0 Å². The van der Waals surface area contributed by atoms with Crippen molar-refractivity contribution in [1.82, 2.24) is 0 Å². The van der Waals surface area contributed by atoms with Gasteiger partial charge in [-0.3, -0.25) is 4.18 Å². The van der Waals surface area contributed by atoms with Gasteiger partial charge < -0.3 is 14.2 Å². The van der Waals surface area contributed by atoms with E-state index in [2.05, 4.69) is 6.58 Å². The Morgan fingerprint density at radius 1 is 1.33 bits per heavy atom. The third kappa shape index (κ3) is 2.46. The van der Waals surface area contributed by atoms with Gasteiger partial charge in [0, 0.05) is 7.11 Å². The van der Waals surface area contributed by atoms with Gasteiger partial charge in [-0.15, -0.1) is 0 Å². The summed E-state index contributed by atoms with van der Waals surface area (Å²) < 4.78 is 44.2. The second kappa shape index (κ2) is 4.28. The topological polar surface area (TPSA) is 71.1 Å².